The third kappa shape index (κ3) is 10.1. The minimum atomic E-state index is -3.71. The molecule has 0 heterocycles. The minimum Gasteiger partial charge on any atom is -0.444 e. The van der Waals surface area contributed by atoms with Gasteiger partial charge in [0.2, 0.25) is 0 Å². The lowest BCUT2D eigenvalue weighted by atomic mass is 9.80. The molecule has 0 bridgehead atoms. The van der Waals surface area contributed by atoms with Crippen molar-refractivity contribution in [1.82, 2.24) is 5.32 Å². The maximum atomic E-state index is 12.7. The van der Waals surface area contributed by atoms with E-state index in [4.69, 9.17) is 14.5 Å². The van der Waals surface area contributed by atoms with E-state index in [-0.39, 0.29) is 29.0 Å². The zero-order valence-corrected chi connectivity index (χ0v) is 23.1. The van der Waals surface area contributed by atoms with Gasteiger partial charge in [-0.3, -0.25) is 4.18 Å². The average Bonchev–Trinajstić information content (AvgIpc) is 3.43. The van der Waals surface area contributed by atoms with Gasteiger partial charge >= 0.3 is 6.09 Å². The zero-order chi connectivity index (χ0) is 24.9. The largest absolute Gasteiger partial charge is 0.444 e. The molecule has 0 radical (unpaired) electrons. The Hall–Kier alpha value is -1.29. The van der Waals surface area contributed by atoms with Crippen molar-refractivity contribution in [3.05, 3.63) is 10.4 Å². The highest BCUT2D eigenvalue weighted by Gasteiger charge is 2.46. The van der Waals surface area contributed by atoms with Gasteiger partial charge in [0.25, 0.3) is 10.1 Å². The van der Waals surface area contributed by atoms with Gasteiger partial charge < -0.3 is 10.1 Å². The zero-order valence-electron chi connectivity index (χ0n) is 21.1. The van der Waals surface area contributed by atoms with Crippen LogP contribution in [0.1, 0.15) is 61.3 Å². The molecule has 1 rings (SSSR count). The number of hydrogen-bond donors (Lipinski definition) is 1. The van der Waals surface area contributed by atoms with Gasteiger partial charge in [0.05, 0.1) is 18.9 Å². The van der Waals surface area contributed by atoms with Crippen LogP contribution in [-0.4, -0.2) is 54.4 Å². The van der Waals surface area contributed by atoms with Gasteiger partial charge in [0, 0.05) is 20.3 Å². The third-order valence-electron chi connectivity index (χ3n) is 6.47. The van der Waals surface area contributed by atoms with Crippen molar-refractivity contribution < 1.29 is 22.1 Å². The molecule has 0 aromatic rings. The third-order valence-corrected chi connectivity index (χ3v) is 11.8. The molecule has 5 atom stereocenters. The second-order valence-corrected chi connectivity index (χ2v) is 17.3. The molecule has 0 aliphatic heterocycles. The Kier molecular flexibility index (Phi) is 10.1. The van der Waals surface area contributed by atoms with Crippen molar-refractivity contribution in [3.8, 4) is 0 Å². The van der Waals surface area contributed by atoms with Crippen molar-refractivity contribution >= 4 is 25.0 Å². The number of azide groups is 1. The Bertz CT molecular complexity index is 783. The summed E-state index contributed by atoms with van der Waals surface area (Å²) in [6.45, 7) is 16.6. The molecule has 186 valence electrons. The normalized spacial score (nSPS) is 19.8. The van der Waals surface area contributed by atoms with E-state index in [0.717, 1.165) is 19.1 Å². The van der Waals surface area contributed by atoms with E-state index in [1.54, 1.807) is 20.8 Å². The van der Waals surface area contributed by atoms with Gasteiger partial charge in [0.1, 0.15) is 5.60 Å². The van der Waals surface area contributed by atoms with Crippen LogP contribution >= 0.6 is 0 Å². The predicted molar refractivity (Wildman–Crippen MR) is 130 cm³/mol. The Morgan fingerprint density at radius 1 is 1.25 bits per heavy atom. The second-order valence-electron chi connectivity index (χ2n) is 11.2. The minimum absolute atomic E-state index is 0.0290. The number of carbonyl (C=O) groups is 1. The molecule has 1 fully saturated rings. The Morgan fingerprint density at radius 2 is 1.81 bits per heavy atom. The Labute approximate surface area is 195 Å². The molecule has 1 saturated carbocycles. The van der Waals surface area contributed by atoms with Crippen molar-refractivity contribution in [2.24, 2.45) is 22.9 Å². The monoisotopic (exact) mass is 490 g/mol. The van der Waals surface area contributed by atoms with E-state index in [1.807, 2.05) is 0 Å². The van der Waals surface area contributed by atoms with Gasteiger partial charge in [-0.1, -0.05) is 39.4 Å². The predicted octanol–water partition coefficient (Wildman–Crippen LogP) is 4.86. The summed E-state index contributed by atoms with van der Waals surface area (Å²) in [4.78, 5) is 15.7. The van der Waals surface area contributed by atoms with Crippen LogP contribution in [0, 0.1) is 17.8 Å². The maximum absolute atomic E-state index is 12.7. The molecule has 1 aliphatic carbocycles. The first-order valence-electron chi connectivity index (χ1n) is 11.3. The molecule has 1 N–H and O–H groups in total. The first-order valence-corrected chi connectivity index (χ1v) is 15.5. The van der Waals surface area contributed by atoms with Gasteiger partial charge in [-0.15, -0.1) is 0 Å². The van der Waals surface area contributed by atoms with E-state index >= 15 is 0 Å². The second kappa shape index (κ2) is 11.2. The number of alkyl carbamates (subject to hydrolysis) is 1. The van der Waals surface area contributed by atoms with Gasteiger partial charge in [0.15, 0.2) is 0 Å². The van der Waals surface area contributed by atoms with Gasteiger partial charge in [-0.25, -0.2) is 4.79 Å². The summed E-state index contributed by atoms with van der Waals surface area (Å²) >= 11 is 0. The number of rotatable bonds is 11. The van der Waals surface area contributed by atoms with Crippen LogP contribution < -0.4 is 5.32 Å². The number of hydrogen-bond acceptors (Lipinski definition) is 6. The molecule has 1 aliphatic rings. The van der Waals surface area contributed by atoms with Crippen LogP contribution in [0.3, 0.4) is 0 Å². The smallest absolute Gasteiger partial charge is 0.407 e. The maximum Gasteiger partial charge on any atom is 0.407 e. The average molecular weight is 491 g/mol. The van der Waals surface area contributed by atoms with E-state index in [1.165, 1.54) is 0 Å². The molecule has 11 heteroatoms. The molecule has 9 nitrogen and oxygen atoms in total. The molecule has 0 aromatic heterocycles. The van der Waals surface area contributed by atoms with E-state index in [0.29, 0.717) is 12.5 Å². The van der Waals surface area contributed by atoms with Crippen molar-refractivity contribution in [3.63, 3.8) is 0 Å². The van der Waals surface area contributed by atoms with Crippen LogP contribution in [0.15, 0.2) is 5.11 Å². The fourth-order valence-electron chi connectivity index (χ4n) is 4.32. The molecule has 2 unspecified atom stereocenters. The number of nitrogens with one attached hydrogen (secondary N) is 1. The van der Waals surface area contributed by atoms with Crippen LogP contribution in [0.5, 0.6) is 0 Å². The topological polar surface area (TPSA) is 130 Å². The van der Waals surface area contributed by atoms with Crippen LogP contribution in [0.2, 0.25) is 17.1 Å². The summed E-state index contributed by atoms with van der Waals surface area (Å²) in [7, 11) is -5.10. The first kappa shape index (κ1) is 28.7. The molecule has 0 aromatic carbocycles. The highest BCUT2D eigenvalue weighted by atomic mass is 32.2. The number of amides is 1. The number of carbonyl (C=O) groups excluding carboxylic acids is 1. The molecule has 32 heavy (non-hydrogen) atoms. The number of ether oxygens (including phenoxy) is 1. The van der Waals surface area contributed by atoms with Gasteiger partial charge in [-0.2, -0.15) is 8.42 Å². The summed E-state index contributed by atoms with van der Waals surface area (Å²) < 4.78 is 34.3. The highest BCUT2D eigenvalue weighted by molar-refractivity contribution is 7.85. The fraction of sp³-hybridized carbons (Fsp3) is 0.952. The summed E-state index contributed by atoms with van der Waals surface area (Å²) in [5.74, 6) is 0.305. The standard InChI is InChI=1S/C21H42N4O5SSi/c1-14(32(9)21(5,6)7)18(16(12-23-25-22)15-10-11-15)17(13-29-31(8,27)28)24-19(26)30-20(2,3)4/h14-18,32H,10-13H2,1-9H3,(H,24,26)/t14?,16-,17-,18-,32?/m1/s1. The fourth-order valence-corrected chi connectivity index (χ4v) is 7.51. The quantitative estimate of drug-likeness (QED) is 0.145. The van der Waals surface area contributed by atoms with Crippen LogP contribution in [0.4, 0.5) is 4.79 Å². The number of nitrogens with zero attached hydrogens (tertiary/aromatic N) is 3. The lowest BCUT2D eigenvalue weighted by Gasteiger charge is -2.43. The summed E-state index contributed by atoms with van der Waals surface area (Å²) in [5, 5.41) is 6.91. The summed E-state index contributed by atoms with van der Waals surface area (Å²) in [5.41, 5.74) is 8.50. The van der Waals surface area contributed by atoms with Crippen molar-refractivity contribution in [2.45, 2.75) is 90.1 Å². The van der Waals surface area contributed by atoms with E-state index in [9.17, 15) is 13.2 Å². The SMILES string of the molecule is CC([C@H]([C@H](CN=[N+]=[N-])C1CC1)[C@@H](COS(C)(=O)=O)NC(=O)OC(C)(C)C)[SiH](C)C(C)(C)C. The van der Waals surface area contributed by atoms with Crippen LogP contribution in [0.25, 0.3) is 10.4 Å². The van der Waals surface area contributed by atoms with Crippen LogP contribution in [-0.2, 0) is 19.0 Å². The first-order chi connectivity index (χ1) is 14.5. The lowest BCUT2D eigenvalue weighted by molar-refractivity contribution is 0.0435. The molecule has 0 spiro atoms. The van der Waals surface area contributed by atoms with E-state index in [2.05, 4.69) is 49.6 Å². The Morgan fingerprint density at radius 3 is 2.22 bits per heavy atom. The molecule has 0 saturated heterocycles. The lowest BCUT2D eigenvalue weighted by Crippen LogP contribution is -2.52. The summed E-state index contributed by atoms with van der Waals surface area (Å²) in [6, 6.07) is -0.591. The molecular weight excluding hydrogens is 448 g/mol. The van der Waals surface area contributed by atoms with Crippen molar-refractivity contribution in [1.29, 1.82) is 0 Å². The van der Waals surface area contributed by atoms with Crippen molar-refractivity contribution in [2.75, 3.05) is 19.4 Å². The summed E-state index contributed by atoms with van der Waals surface area (Å²) in [6.07, 6.45) is 2.46. The highest BCUT2D eigenvalue weighted by Crippen LogP contribution is 2.49. The molecule has 1 amide bonds. The van der Waals surface area contributed by atoms with E-state index < -0.39 is 36.7 Å². The Balaban J connectivity index is 3.40. The van der Waals surface area contributed by atoms with Gasteiger partial charge in [-0.05, 0) is 67.5 Å². The molecular formula is C21H42N4O5SSi.